The van der Waals surface area contributed by atoms with Gasteiger partial charge in [0.05, 0.1) is 12.4 Å². The van der Waals surface area contributed by atoms with Gasteiger partial charge in [-0.05, 0) is 51.5 Å². The first-order valence-corrected chi connectivity index (χ1v) is 8.76. The molecular formula is C16H24N2O4S. The van der Waals surface area contributed by atoms with Gasteiger partial charge in [-0.3, -0.25) is 4.31 Å². The molecule has 1 fully saturated rings. The van der Waals surface area contributed by atoms with Crippen molar-refractivity contribution < 1.29 is 18.5 Å². The number of nitrogens with one attached hydrogen (secondary N) is 1. The summed E-state index contributed by atoms with van der Waals surface area (Å²) in [5.41, 5.74) is 0.359. The summed E-state index contributed by atoms with van der Waals surface area (Å²) in [6.45, 7) is 6.47. The highest BCUT2D eigenvalue weighted by Crippen LogP contribution is 2.27. The first-order chi connectivity index (χ1) is 10.8. The van der Waals surface area contributed by atoms with Gasteiger partial charge < -0.3 is 14.8 Å². The zero-order chi connectivity index (χ0) is 17.0. The highest BCUT2D eigenvalue weighted by atomic mass is 32.2. The summed E-state index contributed by atoms with van der Waals surface area (Å²) in [4.78, 5) is 11.7. The summed E-state index contributed by atoms with van der Waals surface area (Å²) in [6.07, 6.45) is 0.284. The molecule has 128 valence electrons. The van der Waals surface area contributed by atoms with Gasteiger partial charge in [0.2, 0.25) is 0 Å². The number of benzene rings is 1. The smallest absolute Gasteiger partial charge is 0.407 e. The second kappa shape index (κ2) is 7.21. The maximum atomic E-state index is 12.6. The third kappa shape index (κ3) is 4.86. The van der Waals surface area contributed by atoms with Crippen molar-refractivity contribution in [2.45, 2.75) is 38.0 Å². The fraction of sp³-hybridized carbons (Fsp3) is 0.562. The topological polar surface area (TPSA) is 67.9 Å². The number of methoxy groups -OCH3 is 1. The number of carbonyl (C=O) groups excluding carboxylic acids is 1. The Morgan fingerprint density at radius 3 is 2.57 bits per heavy atom. The van der Waals surface area contributed by atoms with E-state index >= 15 is 0 Å². The van der Waals surface area contributed by atoms with Gasteiger partial charge in [0.25, 0.3) is 0 Å². The lowest BCUT2D eigenvalue weighted by Gasteiger charge is -2.21. The standard InChI is InChI=1S/C16H24N2O4S/c1-16(2,3)22-15(19)17-11-14-9-10-18(23(14)20)12-5-7-13(21-4)8-6-12/h5-8,14H,9-11H2,1-4H3,(H,17,19). The van der Waals surface area contributed by atoms with E-state index in [1.54, 1.807) is 7.11 Å². The Kier molecular flexibility index (Phi) is 5.51. The molecule has 2 rings (SSSR count). The third-order valence-corrected chi connectivity index (χ3v) is 5.19. The fourth-order valence-corrected chi connectivity index (χ4v) is 3.81. The molecule has 1 heterocycles. The Labute approximate surface area is 139 Å². The van der Waals surface area contributed by atoms with Gasteiger partial charge in [-0.2, -0.15) is 0 Å². The molecule has 1 saturated heterocycles. The van der Waals surface area contributed by atoms with Crippen LogP contribution in [0.15, 0.2) is 24.3 Å². The molecule has 2 unspecified atom stereocenters. The molecule has 23 heavy (non-hydrogen) atoms. The average molecular weight is 340 g/mol. The number of hydrogen-bond acceptors (Lipinski definition) is 4. The molecule has 1 N–H and O–H groups in total. The monoisotopic (exact) mass is 340 g/mol. The SMILES string of the molecule is COc1ccc(N2CCC(CNC(=O)OC(C)(C)C)S2=O)cc1. The van der Waals surface area contributed by atoms with Gasteiger partial charge in [-0.15, -0.1) is 0 Å². The first kappa shape index (κ1) is 17.6. The van der Waals surface area contributed by atoms with Crippen molar-refractivity contribution in [2.24, 2.45) is 0 Å². The molecule has 0 bridgehead atoms. The molecular weight excluding hydrogens is 316 g/mol. The molecule has 0 aliphatic carbocycles. The summed E-state index contributed by atoms with van der Waals surface area (Å²) in [6, 6.07) is 7.47. The summed E-state index contributed by atoms with van der Waals surface area (Å²) < 4.78 is 24.7. The van der Waals surface area contributed by atoms with Crippen molar-refractivity contribution in [2.75, 3.05) is 24.5 Å². The molecule has 1 aromatic carbocycles. The van der Waals surface area contributed by atoms with Gasteiger partial charge in [0.1, 0.15) is 22.3 Å². The number of nitrogens with zero attached hydrogens (tertiary/aromatic N) is 1. The Balaban J connectivity index is 1.89. The van der Waals surface area contributed by atoms with Crippen LogP contribution < -0.4 is 14.4 Å². The van der Waals surface area contributed by atoms with Crippen molar-refractivity contribution in [3.05, 3.63) is 24.3 Å². The number of rotatable bonds is 4. The molecule has 1 aliphatic rings. The highest BCUT2D eigenvalue weighted by molar-refractivity contribution is 7.87. The Morgan fingerprint density at radius 1 is 1.35 bits per heavy atom. The second-order valence-electron chi connectivity index (χ2n) is 6.37. The lowest BCUT2D eigenvalue weighted by atomic mass is 10.2. The van der Waals surface area contributed by atoms with E-state index in [1.807, 2.05) is 49.3 Å². The molecule has 2 atom stereocenters. The maximum Gasteiger partial charge on any atom is 0.407 e. The van der Waals surface area contributed by atoms with Crippen LogP contribution in [-0.2, 0) is 15.7 Å². The van der Waals surface area contributed by atoms with Crippen molar-refractivity contribution in [1.82, 2.24) is 5.32 Å². The van der Waals surface area contributed by atoms with Gasteiger partial charge >= 0.3 is 6.09 Å². The molecule has 0 aromatic heterocycles. The van der Waals surface area contributed by atoms with E-state index < -0.39 is 22.7 Å². The number of ether oxygens (including phenoxy) is 2. The van der Waals surface area contributed by atoms with E-state index in [1.165, 1.54) is 0 Å². The molecule has 0 radical (unpaired) electrons. The number of carbonyl (C=O) groups is 1. The van der Waals surface area contributed by atoms with Gasteiger partial charge in [0.15, 0.2) is 0 Å². The first-order valence-electron chi connectivity index (χ1n) is 7.59. The molecule has 1 aliphatic heterocycles. The van der Waals surface area contributed by atoms with Crippen LogP contribution >= 0.6 is 0 Å². The van der Waals surface area contributed by atoms with E-state index in [2.05, 4.69) is 5.32 Å². The zero-order valence-electron chi connectivity index (χ0n) is 14.0. The Bertz CT molecular complexity index is 568. The number of hydrogen-bond donors (Lipinski definition) is 1. The predicted molar refractivity (Wildman–Crippen MR) is 91.1 cm³/mol. The van der Waals surface area contributed by atoms with E-state index in [0.29, 0.717) is 13.1 Å². The molecule has 0 spiro atoms. The molecule has 0 saturated carbocycles. The van der Waals surface area contributed by atoms with Gasteiger partial charge in [-0.25, -0.2) is 9.00 Å². The number of amides is 1. The normalized spacial score (nSPS) is 21.1. The molecule has 7 heteroatoms. The second-order valence-corrected chi connectivity index (χ2v) is 8.03. The summed E-state index contributed by atoms with van der Waals surface area (Å²) >= 11 is 0. The van der Waals surface area contributed by atoms with Gasteiger partial charge in [0, 0.05) is 18.8 Å². The zero-order valence-corrected chi connectivity index (χ0v) is 14.8. The van der Waals surface area contributed by atoms with Crippen LogP contribution in [0.3, 0.4) is 0 Å². The van der Waals surface area contributed by atoms with Crippen molar-refractivity contribution in [1.29, 1.82) is 0 Å². The molecule has 1 amide bonds. The lowest BCUT2D eigenvalue weighted by molar-refractivity contribution is 0.0528. The van der Waals surface area contributed by atoms with E-state index in [-0.39, 0.29) is 5.25 Å². The predicted octanol–water partition coefficient (Wildman–Crippen LogP) is 2.46. The lowest BCUT2D eigenvalue weighted by Crippen LogP contribution is -2.38. The van der Waals surface area contributed by atoms with Crippen molar-refractivity contribution in [3.63, 3.8) is 0 Å². The van der Waals surface area contributed by atoms with Crippen LogP contribution in [0.2, 0.25) is 0 Å². The van der Waals surface area contributed by atoms with E-state index in [0.717, 1.165) is 17.9 Å². The third-order valence-electron chi connectivity index (χ3n) is 3.39. The number of alkyl carbamates (subject to hydrolysis) is 1. The molecule has 1 aromatic rings. The van der Waals surface area contributed by atoms with Crippen LogP contribution in [-0.4, -0.2) is 41.4 Å². The largest absolute Gasteiger partial charge is 0.497 e. The van der Waals surface area contributed by atoms with E-state index in [9.17, 15) is 9.00 Å². The minimum Gasteiger partial charge on any atom is -0.497 e. The van der Waals surface area contributed by atoms with Crippen LogP contribution in [0.25, 0.3) is 0 Å². The average Bonchev–Trinajstić information content (AvgIpc) is 2.84. The fourth-order valence-electron chi connectivity index (χ4n) is 2.30. The van der Waals surface area contributed by atoms with E-state index in [4.69, 9.17) is 9.47 Å². The summed E-state index contributed by atoms with van der Waals surface area (Å²) in [7, 11) is 0.437. The Morgan fingerprint density at radius 2 is 2.00 bits per heavy atom. The summed E-state index contributed by atoms with van der Waals surface area (Å²) in [5.74, 6) is 0.766. The highest BCUT2D eigenvalue weighted by Gasteiger charge is 2.31. The van der Waals surface area contributed by atoms with Crippen LogP contribution in [0, 0.1) is 0 Å². The van der Waals surface area contributed by atoms with Crippen molar-refractivity contribution >= 4 is 22.8 Å². The van der Waals surface area contributed by atoms with Crippen LogP contribution in [0.1, 0.15) is 27.2 Å². The maximum absolute atomic E-state index is 12.6. The quantitative estimate of drug-likeness (QED) is 0.914. The van der Waals surface area contributed by atoms with Crippen LogP contribution in [0.4, 0.5) is 10.5 Å². The van der Waals surface area contributed by atoms with Crippen LogP contribution in [0.5, 0.6) is 5.75 Å². The molecule has 6 nitrogen and oxygen atoms in total. The Hall–Kier alpha value is -1.76. The summed E-state index contributed by atoms with van der Waals surface area (Å²) in [5, 5.41) is 2.59. The minimum atomic E-state index is -1.18. The number of anilines is 1. The van der Waals surface area contributed by atoms with Crippen molar-refractivity contribution in [3.8, 4) is 5.75 Å². The van der Waals surface area contributed by atoms with Gasteiger partial charge in [-0.1, -0.05) is 0 Å². The minimum absolute atomic E-state index is 0.107.